The predicted octanol–water partition coefficient (Wildman–Crippen LogP) is 3.02. The molecular weight excluding hydrogens is 245 g/mol. The molecule has 4 nitrogen and oxygen atoms in total. The van der Waals surface area contributed by atoms with Crippen LogP contribution in [0, 0.1) is 5.82 Å². The second-order valence-electron chi connectivity index (χ2n) is 3.18. The highest BCUT2D eigenvalue weighted by atomic mass is 35.5. The molecule has 88 valence electrons. The van der Waals surface area contributed by atoms with Crippen molar-refractivity contribution in [3.05, 3.63) is 41.6 Å². The van der Waals surface area contributed by atoms with Crippen LogP contribution in [0.1, 0.15) is 0 Å². The van der Waals surface area contributed by atoms with E-state index in [2.05, 4.69) is 15.3 Å². The average Bonchev–Trinajstić information content (AvgIpc) is 2.31. The van der Waals surface area contributed by atoms with Crippen LogP contribution in [-0.4, -0.2) is 17.1 Å². The van der Waals surface area contributed by atoms with Gasteiger partial charge in [0.15, 0.2) is 0 Å². The van der Waals surface area contributed by atoms with Crippen molar-refractivity contribution in [2.45, 2.75) is 0 Å². The Morgan fingerprint density at radius 2 is 2.18 bits per heavy atom. The standard InChI is InChI=1S/C11H9ClFN3O/c1-17-9-6-7(13)2-3-8(9)15-10-4-5-14-11(12)16-10/h2-6H,1H3,(H,14,15,16). The maximum atomic E-state index is 13.0. The monoisotopic (exact) mass is 253 g/mol. The molecule has 0 unspecified atom stereocenters. The molecule has 0 radical (unpaired) electrons. The normalized spacial score (nSPS) is 10.1. The lowest BCUT2D eigenvalue weighted by atomic mass is 10.3. The van der Waals surface area contributed by atoms with Crippen molar-refractivity contribution in [3.8, 4) is 5.75 Å². The number of hydrogen-bond donors (Lipinski definition) is 1. The van der Waals surface area contributed by atoms with Crippen molar-refractivity contribution in [1.82, 2.24) is 9.97 Å². The van der Waals surface area contributed by atoms with E-state index in [1.165, 1.54) is 25.4 Å². The molecule has 1 N–H and O–H groups in total. The third kappa shape index (κ3) is 2.82. The van der Waals surface area contributed by atoms with E-state index in [0.717, 1.165) is 0 Å². The highest BCUT2D eigenvalue weighted by molar-refractivity contribution is 6.28. The molecule has 0 aliphatic carbocycles. The Labute approximate surface area is 102 Å². The lowest BCUT2D eigenvalue weighted by molar-refractivity contribution is 0.413. The lowest BCUT2D eigenvalue weighted by Crippen LogP contribution is -1.97. The van der Waals surface area contributed by atoms with Crippen molar-refractivity contribution < 1.29 is 9.13 Å². The van der Waals surface area contributed by atoms with Crippen LogP contribution in [0.5, 0.6) is 5.75 Å². The van der Waals surface area contributed by atoms with E-state index in [-0.39, 0.29) is 11.1 Å². The van der Waals surface area contributed by atoms with E-state index in [0.29, 0.717) is 17.3 Å². The average molecular weight is 254 g/mol. The van der Waals surface area contributed by atoms with Crippen LogP contribution < -0.4 is 10.1 Å². The summed E-state index contributed by atoms with van der Waals surface area (Å²) in [4.78, 5) is 7.72. The van der Waals surface area contributed by atoms with Gasteiger partial charge in [-0.05, 0) is 29.8 Å². The summed E-state index contributed by atoms with van der Waals surface area (Å²) >= 11 is 5.66. The van der Waals surface area contributed by atoms with Crippen LogP contribution in [0.3, 0.4) is 0 Å². The van der Waals surface area contributed by atoms with Gasteiger partial charge >= 0.3 is 0 Å². The summed E-state index contributed by atoms with van der Waals surface area (Å²) in [7, 11) is 1.47. The van der Waals surface area contributed by atoms with E-state index in [1.807, 2.05) is 0 Å². The zero-order valence-corrected chi connectivity index (χ0v) is 9.70. The van der Waals surface area contributed by atoms with Crippen LogP contribution in [-0.2, 0) is 0 Å². The Hall–Kier alpha value is -1.88. The summed E-state index contributed by atoms with van der Waals surface area (Å²) in [6.07, 6.45) is 1.52. The second kappa shape index (κ2) is 4.97. The largest absolute Gasteiger partial charge is 0.494 e. The topological polar surface area (TPSA) is 47.0 Å². The number of hydrogen-bond acceptors (Lipinski definition) is 4. The highest BCUT2D eigenvalue weighted by Gasteiger charge is 2.05. The van der Waals surface area contributed by atoms with Gasteiger partial charge in [0, 0.05) is 12.3 Å². The fourth-order valence-electron chi connectivity index (χ4n) is 1.31. The maximum Gasteiger partial charge on any atom is 0.224 e. The van der Waals surface area contributed by atoms with Crippen molar-refractivity contribution in [1.29, 1.82) is 0 Å². The number of anilines is 2. The Kier molecular flexibility index (Phi) is 3.39. The van der Waals surface area contributed by atoms with Gasteiger partial charge in [0.2, 0.25) is 5.28 Å². The van der Waals surface area contributed by atoms with E-state index >= 15 is 0 Å². The molecule has 17 heavy (non-hydrogen) atoms. The van der Waals surface area contributed by atoms with Gasteiger partial charge in [0.05, 0.1) is 12.8 Å². The third-order valence-corrected chi connectivity index (χ3v) is 2.23. The predicted molar refractivity (Wildman–Crippen MR) is 63.3 cm³/mol. The van der Waals surface area contributed by atoms with Gasteiger partial charge in [-0.25, -0.2) is 14.4 Å². The first-order valence-electron chi connectivity index (χ1n) is 4.78. The fraction of sp³-hybridized carbons (Fsp3) is 0.0909. The summed E-state index contributed by atoms with van der Waals surface area (Å²) < 4.78 is 18.0. The first kappa shape index (κ1) is 11.6. The quantitative estimate of drug-likeness (QED) is 0.854. The van der Waals surface area contributed by atoms with Crippen molar-refractivity contribution in [2.24, 2.45) is 0 Å². The molecule has 1 aromatic heterocycles. The summed E-state index contributed by atoms with van der Waals surface area (Å²) in [5.74, 6) is 0.530. The summed E-state index contributed by atoms with van der Waals surface area (Å²) in [6, 6.07) is 5.82. The molecule has 0 spiro atoms. The van der Waals surface area contributed by atoms with Gasteiger partial charge in [-0.15, -0.1) is 0 Å². The van der Waals surface area contributed by atoms with E-state index in [4.69, 9.17) is 16.3 Å². The molecule has 0 bridgehead atoms. The van der Waals surface area contributed by atoms with Crippen molar-refractivity contribution in [3.63, 3.8) is 0 Å². The van der Waals surface area contributed by atoms with E-state index in [9.17, 15) is 4.39 Å². The molecular formula is C11H9ClFN3O. The zero-order valence-electron chi connectivity index (χ0n) is 8.95. The number of aromatic nitrogens is 2. The third-order valence-electron chi connectivity index (χ3n) is 2.05. The number of methoxy groups -OCH3 is 1. The Balaban J connectivity index is 2.29. The van der Waals surface area contributed by atoms with Crippen LogP contribution >= 0.6 is 11.6 Å². The van der Waals surface area contributed by atoms with Gasteiger partial charge in [0.25, 0.3) is 0 Å². The highest BCUT2D eigenvalue weighted by Crippen LogP contribution is 2.27. The maximum absolute atomic E-state index is 13.0. The molecule has 0 fully saturated rings. The Morgan fingerprint density at radius 1 is 1.35 bits per heavy atom. The summed E-state index contributed by atoms with van der Waals surface area (Å²) in [6.45, 7) is 0. The van der Waals surface area contributed by atoms with Gasteiger partial charge in [-0.1, -0.05) is 0 Å². The lowest BCUT2D eigenvalue weighted by Gasteiger charge is -2.10. The number of rotatable bonds is 3. The molecule has 1 heterocycles. The molecule has 0 aliphatic heterocycles. The minimum atomic E-state index is -0.367. The number of benzene rings is 1. The van der Waals surface area contributed by atoms with Crippen LogP contribution in [0.4, 0.5) is 15.9 Å². The summed E-state index contributed by atoms with van der Waals surface area (Å²) in [5, 5.41) is 3.10. The van der Waals surface area contributed by atoms with Gasteiger partial charge < -0.3 is 10.1 Å². The molecule has 0 aliphatic rings. The molecule has 2 aromatic rings. The Morgan fingerprint density at radius 3 is 2.88 bits per heavy atom. The molecule has 6 heteroatoms. The number of nitrogens with zero attached hydrogens (tertiary/aromatic N) is 2. The van der Waals surface area contributed by atoms with Gasteiger partial charge in [-0.3, -0.25) is 0 Å². The molecule has 1 aromatic carbocycles. The van der Waals surface area contributed by atoms with Crippen LogP contribution in [0.15, 0.2) is 30.5 Å². The number of ether oxygens (including phenoxy) is 1. The van der Waals surface area contributed by atoms with Crippen LogP contribution in [0.2, 0.25) is 5.28 Å². The number of halogens is 2. The molecule has 0 amide bonds. The molecule has 0 saturated heterocycles. The number of nitrogens with one attached hydrogen (secondary N) is 1. The fourth-order valence-corrected chi connectivity index (χ4v) is 1.46. The molecule has 2 rings (SSSR count). The van der Waals surface area contributed by atoms with Crippen molar-refractivity contribution >= 4 is 23.1 Å². The van der Waals surface area contributed by atoms with Crippen LogP contribution in [0.25, 0.3) is 0 Å². The summed E-state index contributed by atoms with van der Waals surface area (Å²) in [5.41, 5.74) is 0.601. The van der Waals surface area contributed by atoms with E-state index in [1.54, 1.807) is 12.1 Å². The second-order valence-corrected chi connectivity index (χ2v) is 3.52. The first-order valence-corrected chi connectivity index (χ1v) is 5.16. The van der Waals surface area contributed by atoms with Gasteiger partial charge in [0.1, 0.15) is 17.4 Å². The minimum absolute atomic E-state index is 0.135. The van der Waals surface area contributed by atoms with E-state index < -0.39 is 0 Å². The zero-order chi connectivity index (χ0) is 12.3. The van der Waals surface area contributed by atoms with Gasteiger partial charge in [-0.2, -0.15) is 0 Å². The smallest absolute Gasteiger partial charge is 0.224 e. The first-order chi connectivity index (χ1) is 8.19. The van der Waals surface area contributed by atoms with Crippen molar-refractivity contribution in [2.75, 3.05) is 12.4 Å². The molecule has 0 saturated carbocycles. The Bertz CT molecular complexity index is 536. The SMILES string of the molecule is COc1cc(F)ccc1Nc1ccnc(Cl)n1. The minimum Gasteiger partial charge on any atom is -0.494 e. The molecule has 0 atom stereocenters.